The first-order valence-corrected chi connectivity index (χ1v) is 9.71. The molecular weight excluding hydrogens is 351 g/mol. The first kappa shape index (κ1) is 17.5. The van der Waals surface area contributed by atoms with Crippen LogP contribution in [0, 0.1) is 0 Å². The topological polar surface area (TPSA) is 24.7 Å². The van der Waals surface area contributed by atoms with Gasteiger partial charge in [-0.1, -0.05) is 36.4 Å². The third-order valence-corrected chi connectivity index (χ3v) is 2.63. The van der Waals surface area contributed by atoms with Crippen LogP contribution in [0.1, 0.15) is 13.8 Å². The van der Waals surface area contributed by atoms with Gasteiger partial charge in [-0.05, 0) is 38.1 Å². The van der Waals surface area contributed by atoms with Gasteiger partial charge in [0.2, 0.25) is 0 Å². The van der Waals surface area contributed by atoms with E-state index >= 15 is 0 Å². The fourth-order valence-electron chi connectivity index (χ4n) is 1.55. The Bertz CT molecular complexity index is 521. The minimum absolute atomic E-state index is 0.935. The van der Waals surface area contributed by atoms with Crippen LogP contribution >= 0.6 is 0 Å². The second kappa shape index (κ2) is 10.2. The minimum atomic E-state index is 0.935. The Kier molecular flexibility index (Phi) is 8.51. The summed E-state index contributed by atoms with van der Waals surface area (Å²) in [4.78, 5) is 9.08. The van der Waals surface area contributed by atoms with Gasteiger partial charge in [-0.3, -0.25) is 9.98 Å². The van der Waals surface area contributed by atoms with E-state index in [1.54, 1.807) is 0 Å². The molecule has 0 fully saturated rings. The Labute approximate surface area is 136 Å². The van der Waals surface area contributed by atoms with Gasteiger partial charge < -0.3 is 0 Å². The molecule has 0 aliphatic rings. The molecule has 0 saturated carbocycles. The molecule has 0 aromatic heterocycles. The molecule has 2 aromatic rings. The molecule has 0 heterocycles. The second-order valence-electron chi connectivity index (χ2n) is 4.38. The molecule has 21 heavy (non-hydrogen) atoms. The van der Waals surface area contributed by atoms with Gasteiger partial charge in [-0.2, -0.15) is 0 Å². The van der Waals surface area contributed by atoms with Crippen molar-refractivity contribution in [3.63, 3.8) is 0 Å². The Balaban J connectivity index is 0.000000677. The van der Waals surface area contributed by atoms with Crippen molar-refractivity contribution in [2.24, 2.45) is 9.98 Å². The van der Waals surface area contributed by atoms with Crippen LogP contribution in [0.5, 0.6) is 0 Å². The maximum atomic E-state index is 4.54. The molecule has 2 nitrogen and oxygen atoms in total. The summed E-state index contributed by atoms with van der Waals surface area (Å²) < 4.78 is 0. The summed E-state index contributed by atoms with van der Waals surface area (Å²) in [7, 11) is 0. The van der Waals surface area contributed by atoms with E-state index in [4.69, 9.17) is 0 Å². The van der Waals surface area contributed by atoms with Gasteiger partial charge in [-0.25, -0.2) is 0 Å². The van der Waals surface area contributed by atoms with Gasteiger partial charge in [0, 0.05) is 0 Å². The van der Waals surface area contributed by atoms with Gasteiger partial charge in [0.25, 0.3) is 0 Å². The van der Waals surface area contributed by atoms with Gasteiger partial charge >= 0.3 is 28.8 Å². The third kappa shape index (κ3) is 7.13. The normalized spacial score (nSPS) is 11.8. The first-order valence-electron chi connectivity index (χ1n) is 6.60. The number of benzene rings is 2. The van der Waals surface area contributed by atoms with E-state index in [2.05, 4.69) is 20.8 Å². The predicted octanol–water partition coefficient (Wildman–Crippen LogP) is 5.74. The number of hydrogen-bond donors (Lipinski definition) is 0. The zero-order chi connectivity index (χ0) is 15.5. The molecule has 0 aliphatic carbocycles. The van der Waals surface area contributed by atoms with Crippen LogP contribution in [0.2, 0.25) is 10.8 Å². The van der Waals surface area contributed by atoms with Crippen molar-refractivity contribution in [1.82, 2.24) is 0 Å². The van der Waals surface area contributed by atoms with Crippen LogP contribution in [0.4, 0.5) is 11.4 Å². The van der Waals surface area contributed by atoms with Crippen LogP contribution in [0.3, 0.4) is 0 Å². The van der Waals surface area contributed by atoms with E-state index in [0.29, 0.717) is 0 Å². The van der Waals surface area contributed by atoms with Crippen LogP contribution in [-0.4, -0.2) is 11.4 Å². The van der Waals surface area contributed by atoms with E-state index in [9.17, 15) is 0 Å². The summed E-state index contributed by atoms with van der Waals surface area (Å²) in [5.74, 6) is 0. The van der Waals surface area contributed by atoms with Crippen molar-refractivity contribution in [2.75, 3.05) is 0 Å². The number of hydrogen-bond acceptors (Lipinski definition) is 2. The summed E-state index contributed by atoms with van der Waals surface area (Å²) in [6, 6.07) is 19.8. The molecule has 114 valence electrons. The van der Waals surface area contributed by atoms with Crippen LogP contribution < -0.4 is 0 Å². The summed E-state index contributed by atoms with van der Waals surface area (Å²) in [5, 5.41) is 4.35. The van der Waals surface area contributed by atoms with Gasteiger partial charge in [0.15, 0.2) is 0 Å². The van der Waals surface area contributed by atoms with E-state index in [0.717, 1.165) is 40.8 Å². The number of rotatable bonds is 3. The molecule has 0 bridgehead atoms. The molecule has 2 aromatic carbocycles. The van der Waals surface area contributed by atoms with Gasteiger partial charge in [0.1, 0.15) is 0 Å². The fraction of sp³-hybridized carbons (Fsp3) is 0.222. The number of nitrogens with zero attached hydrogens (tertiary/aromatic N) is 2. The van der Waals surface area contributed by atoms with E-state index in [1.165, 1.54) is 0 Å². The summed E-state index contributed by atoms with van der Waals surface area (Å²) >= 11 is 0.950. The molecule has 0 amide bonds. The van der Waals surface area contributed by atoms with E-state index in [1.807, 2.05) is 74.5 Å². The quantitative estimate of drug-likeness (QED) is 0.485. The van der Waals surface area contributed by atoms with Crippen molar-refractivity contribution in [3.05, 3.63) is 60.7 Å². The molecule has 0 radical (unpaired) electrons. The van der Waals surface area contributed by atoms with E-state index < -0.39 is 0 Å². The summed E-state index contributed by atoms with van der Waals surface area (Å²) in [5.41, 5.74) is 3.78. The summed E-state index contributed by atoms with van der Waals surface area (Å²) in [6.45, 7) is 3.96. The van der Waals surface area contributed by atoms with Gasteiger partial charge in [0.05, 0.1) is 22.8 Å². The molecule has 0 atom stereocenters. The Hall–Kier alpha value is -1.56. The Morgan fingerprint density at radius 1 is 0.667 bits per heavy atom. The molecule has 0 aliphatic heterocycles. The standard InChI is InChI=1S/C16H16N2.2CH3.Pd/c1-13(17-15-9-5-3-6-10-15)14(2)18-16-11-7-4-8-12-16;;;/h3-12H,1-2H3;2*1H3;. The second-order valence-corrected chi connectivity index (χ2v) is 5.94. The van der Waals surface area contributed by atoms with Crippen molar-refractivity contribution in [1.29, 1.82) is 0 Å². The molecule has 0 saturated heterocycles. The van der Waals surface area contributed by atoms with Crippen LogP contribution in [0.15, 0.2) is 70.6 Å². The van der Waals surface area contributed by atoms with Crippen molar-refractivity contribution < 1.29 is 18.0 Å². The number of para-hydroxylation sites is 2. The van der Waals surface area contributed by atoms with Crippen molar-refractivity contribution in [2.45, 2.75) is 24.6 Å². The molecule has 0 unspecified atom stereocenters. The average Bonchev–Trinajstić information content (AvgIpc) is 2.50. The zero-order valence-corrected chi connectivity index (χ0v) is 14.5. The SMILES string of the molecule is CC(=Nc1ccccc1)C(C)=Nc1ccccc1.[CH3][Pd][CH3]. The Morgan fingerprint density at radius 2 is 0.952 bits per heavy atom. The fourth-order valence-corrected chi connectivity index (χ4v) is 1.55. The molecule has 0 N–H and O–H groups in total. The first-order chi connectivity index (χ1) is 10.2. The zero-order valence-electron chi connectivity index (χ0n) is 13.0. The Morgan fingerprint density at radius 3 is 1.24 bits per heavy atom. The summed E-state index contributed by atoms with van der Waals surface area (Å²) in [6.07, 6.45) is 0. The molecule has 2 rings (SSSR count). The molecule has 0 spiro atoms. The van der Waals surface area contributed by atoms with Crippen molar-refractivity contribution >= 4 is 22.8 Å². The van der Waals surface area contributed by atoms with Crippen LogP contribution in [-0.2, 0) is 18.0 Å². The number of aliphatic imine (C=N–C) groups is 2. The molecule has 3 heteroatoms. The average molecular weight is 373 g/mol. The third-order valence-electron chi connectivity index (χ3n) is 2.63. The maximum absolute atomic E-state index is 4.54. The van der Waals surface area contributed by atoms with Crippen LogP contribution in [0.25, 0.3) is 0 Å². The van der Waals surface area contributed by atoms with E-state index in [-0.39, 0.29) is 0 Å². The monoisotopic (exact) mass is 372 g/mol. The predicted molar refractivity (Wildman–Crippen MR) is 90.2 cm³/mol. The molecular formula is C18H22N2Pd. The van der Waals surface area contributed by atoms with Gasteiger partial charge in [-0.15, -0.1) is 0 Å². The van der Waals surface area contributed by atoms with Crippen molar-refractivity contribution in [3.8, 4) is 0 Å².